The molecular weight excluding hydrogens is 368 g/mol. The van der Waals surface area contributed by atoms with Crippen LogP contribution in [0.5, 0.6) is 5.75 Å². The lowest BCUT2D eigenvalue weighted by molar-refractivity contribution is 0.410. The molecule has 1 aromatic carbocycles. The minimum Gasteiger partial charge on any atom is -0.494 e. The lowest BCUT2D eigenvalue weighted by atomic mass is 10.2. The second-order valence-electron chi connectivity index (χ2n) is 5.79. The van der Waals surface area contributed by atoms with E-state index in [0.29, 0.717) is 10.9 Å². The summed E-state index contributed by atoms with van der Waals surface area (Å²) in [5, 5.41) is 14.7. The Balaban J connectivity index is 1.82. The maximum absolute atomic E-state index is 5.47. The Bertz CT molecular complexity index is 1100. The average molecular weight is 384 g/mol. The van der Waals surface area contributed by atoms with Gasteiger partial charge in [0.2, 0.25) is 5.16 Å². The molecule has 0 bridgehead atoms. The van der Waals surface area contributed by atoms with Gasteiger partial charge in [-0.15, -0.1) is 16.4 Å². The molecule has 4 aromatic rings. The topological polar surface area (TPSA) is 78.6 Å². The molecule has 7 nitrogen and oxygen atoms in total. The van der Waals surface area contributed by atoms with Gasteiger partial charge in [-0.2, -0.15) is 4.68 Å². The largest absolute Gasteiger partial charge is 0.494 e. The smallest absolute Gasteiger partial charge is 0.220 e. The van der Waals surface area contributed by atoms with Crippen molar-refractivity contribution in [3.8, 4) is 11.4 Å². The Morgan fingerprint density at radius 1 is 1.15 bits per heavy atom. The molecule has 0 saturated heterocycles. The maximum atomic E-state index is 5.47. The quantitative estimate of drug-likeness (QED) is 0.496. The maximum Gasteiger partial charge on any atom is 0.220 e. The Kier molecular flexibility index (Phi) is 4.33. The van der Waals surface area contributed by atoms with Gasteiger partial charge >= 0.3 is 0 Å². The summed E-state index contributed by atoms with van der Waals surface area (Å²) in [6.07, 6.45) is 1.58. The van der Waals surface area contributed by atoms with Crippen LogP contribution in [0.25, 0.3) is 15.9 Å². The molecule has 26 heavy (non-hydrogen) atoms. The van der Waals surface area contributed by atoms with E-state index in [1.807, 2.05) is 25.1 Å². The number of hydrogen-bond acceptors (Lipinski definition) is 8. The van der Waals surface area contributed by atoms with Crippen molar-refractivity contribution in [2.75, 3.05) is 7.11 Å². The summed E-state index contributed by atoms with van der Waals surface area (Å²) in [6.45, 7) is 6.21. The third-order valence-electron chi connectivity index (χ3n) is 4.12. The summed E-state index contributed by atoms with van der Waals surface area (Å²) in [5.74, 6) is 0.708. The predicted molar refractivity (Wildman–Crippen MR) is 101 cm³/mol. The van der Waals surface area contributed by atoms with Crippen LogP contribution in [0.1, 0.15) is 16.0 Å². The zero-order valence-electron chi connectivity index (χ0n) is 14.7. The van der Waals surface area contributed by atoms with E-state index in [1.165, 1.54) is 22.2 Å². The number of aryl methyl sites for hydroxylation is 3. The van der Waals surface area contributed by atoms with Gasteiger partial charge in [0.25, 0.3) is 0 Å². The van der Waals surface area contributed by atoms with Gasteiger partial charge in [0.15, 0.2) is 0 Å². The average Bonchev–Trinajstić information content (AvgIpc) is 3.20. The van der Waals surface area contributed by atoms with E-state index >= 15 is 0 Å². The molecule has 3 heterocycles. The molecule has 0 atom stereocenters. The summed E-state index contributed by atoms with van der Waals surface area (Å²) < 4.78 is 7.15. The zero-order valence-corrected chi connectivity index (χ0v) is 16.4. The Morgan fingerprint density at radius 2 is 2.00 bits per heavy atom. The van der Waals surface area contributed by atoms with E-state index in [1.54, 1.807) is 29.5 Å². The van der Waals surface area contributed by atoms with Gasteiger partial charge < -0.3 is 4.74 Å². The fourth-order valence-corrected chi connectivity index (χ4v) is 4.66. The zero-order chi connectivity index (χ0) is 18.3. The third-order valence-corrected chi connectivity index (χ3v) is 6.18. The summed E-state index contributed by atoms with van der Waals surface area (Å²) in [5.41, 5.74) is 3.09. The van der Waals surface area contributed by atoms with Crippen molar-refractivity contribution in [2.45, 2.75) is 31.0 Å². The number of ether oxygens (including phenoxy) is 1. The van der Waals surface area contributed by atoms with Crippen molar-refractivity contribution in [3.05, 3.63) is 40.5 Å². The first-order valence-electron chi connectivity index (χ1n) is 7.90. The van der Waals surface area contributed by atoms with Crippen molar-refractivity contribution >= 4 is 33.3 Å². The lowest BCUT2D eigenvalue weighted by Crippen LogP contribution is -2.02. The number of aromatic nitrogens is 6. The molecule has 0 unspecified atom stereocenters. The molecule has 0 fully saturated rings. The second kappa shape index (κ2) is 6.65. The van der Waals surface area contributed by atoms with Gasteiger partial charge in [-0.3, -0.25) is 0 Å². The molecule has 0 aliphatic carbocycles. The Morgan fingerprint density at radius 3 is 2.81 bits per heavy atom. The van der Waals surface area contributed by atoms with Crippen LogP contribution >= 0.6 is 23.1 Å². The van der Waals surface area contributed by atoms with Crippen LogP contribution in [0.15, 0.2) is 34.7 Å². The first-order valence-corrected chi connectivity index (χ1v) is 9.53. The van der Waals surface area contributed by atoms with Crippen molar-refractivity contribution in [2.24, 2.45) is 0 Å². The predicted octanol–water partition coefficient (Wildman–Crippen LogP) is 3.75. The van der Waals surface area contributed by atoms with Crippen LogP contribution in [-0.2, 0) is 0 Å². The molecule has 0 N–H and O–H groups in total. The number of thiophene rings is 1. The van der Waals surface area contributed by atoms with E-state index < -0.39 is 0 Å². The van der Waals surface area contributed by atoms with Gasteiger partial charge in [-0.05, 0) is 66.2 Å². The molecule has 0 saturated carbocycles. The van der Waals surface area contributed by atoms with Gasteiger partial charge in [-0.25, -0.2) is 9.97 Å². The minimum atomic E-state index is 0.622. The normalized spacial score (nSPS) is 11.2. The molecule has 4 rings (SSSR count). The van der Waals surface area contributed by atoms with Gasteiger partial charge in [0.1, 0.15) is 27.6 Å². The van der Waals surface area contributed by atoms with E-state index in [4.69, 9.17) is 4.74 Å². The third kappa shape index (κ3) is 2.82. The number of rotatable bonds is 4. The SMILES string of the molecule is COc1ccc(C)cc1-n1nnnc1Sc1ncnc2sc(C)c(C)c12. The fraction of sp³-hybridized carbons (Fsp3) is 0.235. The molecule has 0 aliphatic rings. The minimum absolute atomic E-state index is 0.622. The van der Waals surface area contributed by atoms with Gasteiger partial charge in [-0.1, -0.05) is 6.07 Å². The number of benzene rings is 1. The number of nitrogens with zero attached hydrogens (tertiary/aromatic N) is 6. The first-order chi connectivity index (χ1) is 12.6. The second-order valence-corrected chi connectivity index (χ2v) is 7.95. The highest BCUT2D eigenvalue weighted by Gasteiger charge is 2.18. The molecular formula is C17H16N6OS2. The molecule has 132 valence electrons. The standard InChI is InChI=1S/C17H16N6OS2/c1-9-5-6-13(24-4)12(7-9)23-17(20-21-22-23)26-16-14-10(2)11(3)25-15(14)18-8-19-16/h5-8H,1-4H3. The molecule has 9 heteroatoms. The molecule has 0 aliphatic heterocycles. The highest BCUT2D eigenvalue weighted by molar-refractivity contribution is 7.99. The monoisotopic (exact) mass is 384 g/mol. The van der Waals surface area contributed by atoms with E-state index in [0.717, 1.165) is 26.5 Å². The summed E-state index contributed by atoms with van der Waals surface area (Å²) >= 11 is 3.10. The molecule has 3 aromatic heterocycles. The number of fused-ring (bicyclic) bond motifs is 1. The Labute approximate surface area is 158 Å². The highest BCUT2D eigenvalue weighted by Crippen LogP contribution is 2.37. The summed E-state index contributed by atoms with van der Waals surface area (Å²) in [4.78, 5) is 11.1. The van der Waals surface area contributed by atoms with Crippen LogP contribution in [-0.4, -0.2) is 37.3 Å². The Hall–Kier alpha value is -2.52. The van der Waals surface area contributed by atoms with E-state index in [-0.39, 0.29) is 0 Å². The van der Waals surface area contributed by atoms with E-state index in [9.17, 15) is 0 Å². The molecule has 0 spiro atoms. The van der Waals surface area contributed by atoms with Crippen molar-refractivity contribution in [1.29, 1.82) is 0 Å². The number of methoxy groups -OCH3 is 1. The van der Waals surface area contributed by atoms with Crippen molar-refractivity contribution in [1.82, 2.24) is 30.2 Å². The van der Waals surface area contributed by atoms with Crippen molar-refractivity contribution in [3.63, 3.8) is 0 Å². The number of hydrogen-bond donors (Lipinski definition) is 0. The van der Waals surface area contributed by atoms with Gasteiger partial charge in [0, 0.05) is 10.3 Å². The summed E-state index contributed by atoms with van der Waals surface area (Å²) in [6, 6.07) is 5.90. The van der Waals surface area contributed by atoms with Crippen LogP contribution in [0.3, 0.4) is 0 Å². The van der Waals surface area contributed by atoms with Crippen molar-refractivity contribution < 1.29 is 4.74 Å². The van der Waals surface area contributed by atoms with Gasteiger partial charge in [0.05, 0.1) is 7.11 Å². The van der Waals surface area contributed by atoms with Crippen LogP contribution < -0.4 is 4.74 Å². The van der Waals surface area contributed by atoms with Crippen LogP contribution in [0.2, 0.25) is 0 Å². The fourth-order valence-electron chi connectivity index (χ4n) is 2.67. The number of tetrazole rings is 1. The lowest BCUT2D eigenvalue weighted by Gasteiger charge is -2.10. The first kappa shape index (κ1) is 16.9. The van der Waals surface area contributed by atoms with Crippen LogP contribution in [0, 0.1) is 20.8 Å². The highest BCUT2D eigenvalue weighted by atomic mass is 32.2. The van der Waals surface area contributed by atoms with E-state index in [2.05, 4.69) is 39.3 Å². The summed E-state index contributed by atoms with van der Waals surface area (Å²) in [7, 11) is 1.64. The molecule has 0 amide bonds. The molecule has 0 radical (unpaired) electrons. The van der Waals surface area contributed by atoms with Crippen LogP contribution in [0.4, 0.5) is 0 Å².